The number of benzene rings is 1. The average Bonchev–Trinajstić information content (AvgIpc) is 2.28. The highest BCUT2D eigenvalue weighted by molar-refractivity contribution is 9.09. The van der Waals surface area contributed by atoms with Gasteiger partial charge in [-0.25, -0.2) is 0 Å². The van der Waals surface area contributed by atoms with Crippen molar-refractivity contribution in [2.45, 2.75) is 19.4 Å². The van der Waals surface area contributed by atoms with Crippen LogP contribution in [0.15, 0.2) is 18.2 Å². The van der Waals surface area contributed by atoms with Gasteiger partial charge in [0.15, 0.2) is 0 Å². The Labute approximate surface area is 118 Å². The predicted molar refractivity (Wildman–Crippen MR) is 76.3 cm³/mol. The molecule has 1 aromatic carbocycles. The van der Waals surface area contributed by atoms with Crippen LogP contribution in [-0.2, 0) is 0 Å². The summed E-state index contributed by atoms with van der Waals surface area (Å²) in [6.07, 6.45) is 0. The third-order valence-electron chi connectivity index (χ3n) is 2.40. The number of phenols is 1. The van der Waals surface area contributed by atoms with Gasteiger partial charge in [-0.3, -0.25) is 4.79 Å². The van der Waals surface area contributed by atoms with Crippen LogP contribution < -0.4 is 5.32 Å². The third-order valence-corrected chi connectivity index (χ3v) is 4.88. The molecule has 0 saturated heterocycles. The Balaban J connectivity index is 2.90. The van der Waals surface area contributed by atoms with Crippen molar-refractivity contribution >= 4 is 37.8 Å². The fourth-order valence-electron chi connectivity index (χ4n) is 1.28. The maximum atomic E-state index is 12.0. The second-order valence-electron chi connectivity index (χ2n) is 4.30. The Morgan fingerprint density at radius 3 is 2.47 bits per heavy atom. The number of phenolic OH excluding ortho intramolecular Hbond substituents is 1. The van der Waals surface area contributed by atoms with Crippen molar-refractivity contribution in [2.24, 2.45) is 0 Å². The normalized spacial score (nSPS) is 11.3. The second-order valence-corrected chi connectivity index (χ2v) is 5.42. The summed E-state index contributed by atoms with van der Waals surface area (Å²) in [7, 11) is 0. The number of halogens is 2. The number of amides is 1. The maximum absolute atomic E-state index is 12.0. The number of rotatable bonds is 4. The number of aromatic hydroxyl groups is 1. The average molecular weight is 365 g/mol. The molecule has 0 aliphatic rings. The van der Waals surface area contributed by atoms with E-state index in [4.69, 9.17) is 0 Å². The summed E-state index contributed by atoms with van der Waals surface area (Å²) in [5, 5.41) is 13.9. The minimum absolute atomic E-state index is 0.00833. The minimum atomic E-state index is -0.381. The number of hydrogen-bond donors (Lipinski definition) is 2. The van der Waals surface area contributed by atoms with E-state index < -0.39 is 0 Å². The molecule has 0 radical (unpaired) electrons. The first-order valence-corrected chi connectivity index (χ1v) is 7.40. The summed E-state index contributed by atoms with van der Waals surface area (Å²) in [6, 6.07) is 5.01. The maximum Gasteiger partial charge on any atom is 0.255 e. The van der Waals surface area contributed by atoms with Crippen LogP contribution in [0.4, 0.5) is 0 Å². The van der Waals surface area contributed by atoms with Gasteiger partial charge in [0.2, 0.25) is 0 Å². The van der Waals surface area contributed by atoms with Crippen molar-refractivity contribution in [2.75, 3.05) is 10.7 Å². The first kappa shape index (κ1) is 14.5. The lowest BCUT2D eigenvalue weighted by Gasteiger charge is -2.26. The summed E-state index contributed by atoms with van der Waals surface area (Å²) in [4.78, 5) is 12.0. The zero-order chi connectivity index (χ0) is 13.1. The van der Waals surface area contributed by atoms with Gasteiger partial charge in [0.05, 0.1) is 11.1 Å². The molecule has 0 aromatic heterocycles. The van der Waals surface area contributed by atoms with Gasteiger partial charge in [-0.2, -0.15) is 0 Å². The molecule has 0 saturated carbocycles. The highest BCUT2D eigenvalue weighted by atomic mass is 79.9. The van der Waals surface area contributed by atoms with Crippen molar-refractivity contribution in [1.82, 2.24) is 5.32 Å². The van der Waals surface area contributed by atoms with E-state index in [2.05, 4.69) is 37.2 Å². The van der Waals surface area contributed by atoms with Gasteiger partial charge in [-0.1, -0.05) is 37.9 Å². The molecule has 0 bridgehead atoms. The zero-order valence-corrected chi connectivity index (χ0v) is 12.9. The molecule has 0 atom stereocenters. The van der Waals surface area contributed by atoms with Crippen LogP contribution in [0.3, 0.4) is 0 Å². The topological polar surface area (TPSA) is 49.3 Å². The van der Waals surface area contributed by atoms with E-state index in [0.29, 0.717) is 16.2 Å². The Morgan fingerprint density at radius 1 is 1.41 bits per heavy atom. The number of carbonyl (C=O) groups excluding carboxylic acids is 1. The Bertz CT molecular complexity index is 417. The minimum Gasteiger partial charge on any atom is -0.507 e. The van der Waals surface area contributed by atoms with Gasteiger partial charge in [0.1, 0.15) is 5.75 Å². The highest BCUT2D eigenvalue weighted by Gasteiger charge is 2.25. The first-order chi connectivity index (χ1) is 7.91. The van der Waals surface area contributed by atoms with Crippen molar-refractivity contribution in [3.8, 4) is 5.75 Å². The molecule has 94 valence electrons. The number of aryl methyl sites for hydroxylation is 1. The van der Waals surface area contributed by atoms with Crippen molar-refractivity contribution in [1.29, 1.82) is 0 Å². The van der Waals surface area contributed by atoms with Crippen LogP contribution in [0.1, 0.15) is 22.8 Å². The van der Waals surface area contributed by atoms with Crippen molar-refractivity contribution in [3.05, 3.63) is 29.3 Å². The van der Waals surface area contributed by atoms with Gasteiger partial charge in [-0.05, 0) is 31.5 Å². The van der Waals surface area contributed by atoms with Gasteiger partial charge in [0, 0.05) is 10.7 Å². The van der Waals surface area contributed by atoms with E-state index in [1.807, 2.05) is 13.8 Å². The molecule has 1 rings (SSSR count). The van der Waals surface area contributed by atoms with Gasteiger partial charge in [0.25, 0.3) is 5.91 Å². The number of hydrogen-bond acceptors (Lipinski definition) is 2. The Morgan fingerprint density at radius 2 is 2.00 bits per heavy atom. The van der Waals surface area contributed by atoms with Crippen LogP contribution >= 0.6 is 31.9 Å². The molecule has 0 heterocycles. The monoisotopic (exact) mass is 363 g/mol. The smallest absolute Gasteiger partial charge is 0.255 e. The van der Waals surface area contributed by atoms with Gasteiger partial charge in [-0.15, -0.1) is 0 Å². The summed E-state index contributed by atoms with van der Waals surface area (Å²) in [6.45, 7) is 3.78. The quantitative estimate of drug-likeness (QED) is 0.807. The molecule has 3 nitrogen and oxygen atoms in total. The number of carbonyl (C=O) groups is 1. The summed E-state index contributed by atoms with van der Waals surface area (Å²) in [5.41, 5.74) is 0.834. The van der Waals surface area contributed by atoms with Crippen LogP contribution in [-0.4, -0.2) is 27.2 Å². The van der Waals surface area contributed by atoms with E-state index in [9.17, 15) is 9.90 Å². The van der Waals surface area contributed by atoms with E-state index >= 15 is 0 Å². The lowest BCUT2D eigenvalue weighted by atomic mass is 10.1. The molecule has 0 aliphatic carbocycles. The molecule has 0 fully saturated rings. The molecule has 0 unspecified atom stereocenters. The van der Waals surface area contributed by atoms with Crippen LogP contribution in [0.25, 0.3) is 0 Å². The molecule has 0 aliphatic heterocycles. The predicted octanol–water partition coefficient (Wildman–Crippen LogP) is 2.98. The summed E-state index contributed by atoms with van der Waals surface area (Å²) < 4.78 is 0. The molecule has 1 aromatic rings. The molecular formula is C12H15Br2NO2. The summed E-state index contributed by atoms with van der Waals surface area (Å²) in [5.74, 6) is -0.266. The lowest BCUT2D eigenvalue weighted by molar-refractivity contribution is 0.0920. The second kappa shape index (κ2) is 5.87. The third kappa shape index (κ3) is 3.71. The largest absolute Gasteiger partial charge is 0.507 e. The summed E-state index contributed by atoms with van der Waals surface area (Å²) >= 11 is 6.71. The van der Waals surface area contributed by atoms with Crippen LogP contribution in [0, 0.1) is 6.92 Å². The van der Waals surface area contributed by atoms with Gasteiger partial charge < -0.3 is 10.4 Å². The Kier molecular flexibility index (Phi) is 5.01. The van der Waals surface area contributed by atoms with Crippen molar-refractivity contribution < 1.29 is 9.90 Å². The van der Waals surface area contributed by atoms with Crippen LogP contribution in [0.5, 0.6) is 5.75 Å². The van der Waals surface area contributed by atoms with E-state index in [1.165, 1.54) is 0 Å². The number of nitrogens with one attached hydrogen (secondary N) is 1. The fraction of sp³-hybridized carbons (Fsp3) is 0.417. The molecule has 0 spiro atoms. The van der Waals surface area contributed by atoms with E-state index in [0.717, 1.165) is 5.56 Å². The van der Waals surface area contributed by atoms with Crippen LogP contribution in [0.2, 0.25) is 0 Å². The van der Waals surface area contributed by atoms with Crippen molar-refractivity contribution in [3.63, 3.8) is 0 Å². The highest BCUT2D eigenvalue weighted by Crippen LogP contribution is 2.20. The lowest BCUT2D eigenvalue weighted by Crippen LogP contribution is -2.48. The van der Waals surface area contributed by atoms with E-state index in [1.54, 1.807) is 18.2 Å². The fourth-order valence-corrected chi connectivity index (χ4v) is 2.49. The standard InChI is InChI=1S/C12H15Br2NO2/c1-8-3-4-9(10(16)5-8)11(17)15-12(2,6-13)7-14/h3-5,16H,6-7H2,1-2H3,(H,15,17). The first-order valence-electron chi connectivity index (χ1n) is 5.16. The molecule has 17 heavy (non-hydrogen) atoms. The Hall–Kier alpha value is -0.550. The molecule has 1 amide bonds. The zero-order valence-electron chi connectivity index (χ0n) is 9.76. The molecule has 2 N–H and O–H groups in total. The van der Waals surface area contributed by atoms with E-state index in [-0.39, 0.29) is 17.2 Å². The molecular weight excluding hydrogens is 350 g/mol. The molecule has 5 heteroatoms. The number of alkyl halides is 2. The SMILES string of the molecule is Cc1ccc(C(=O)NC(C)(CBr)CBr)c(O)c1. The van der Waals surface area contributed by atoms with Gasteiger partial charge >= 0.3 is 0 Å².